The Hall–Kier alpha value is 0.0500. The van der Waals surface area contributed by atoms with E-state index in [4.69, 9.17) is 0 Å². The quantitative estimate of drug-likeness (QED) is 0.490. The van der Waals surface area contributed by atoms with Gasteiger partial charge in [0.25, 0.3) is 0 Å². The molecule has 0 heterocycles. The van der Waals surface area contributed by atoms with Crippen molar-refractivity contribution >= 4 is 11.8 Å². The Morgan fingerprint density at radius 3 is 2.67 bits per heavy atom. The van der Waals surface area contributed by atoms with Gasteiger partial charge >= 0.3 is 0 Å². The van der Waals surface area contributed by atoms with E-state index in [0.29, 0.717) is 5.25 Å². The van der Waals surface area contributed by atoms with Crippen molar-refractivity contribution in [1.29, 1.82) is 0 Å². The summed E-state index contributed by atoms with van der Waals surface area (Å²) in [6.45, 7) is 7.95. The van der Waals surface area contributed by atoms with E-state index in [1.807, 2.05) is 17.8 Å². The minimum absolute atomic E-state index is 0.127. The molecule has 2 heteroatoms. The summed E-state index contributed by atoms with van der Waals surface area (Å²) in [5.74, 6) is 0.870. The lowest BCUT2D eigenvalue weighted by atomic mass is 10.2. The minimum atomic E-state index is -0.127. The van der Waals surface area contributed by atoms with Crippen molar-refractivity contribution in [3.05, 3.63) is 12.7 Å². The van der Waals surface area contributed by atoms with E-state index in [1.54, 1.807) is 0 Å². The number of aliphatic hydroxyl groups excluding tert-OH is 1. The lowest BCUT2D eigenvalue weighted by Crippen LogP contribution is -2.11. The van der Waals surface area contributed by atoms with Gasteiger partial charge in [0.2, 0.25) is 0 Å². The van der Waals surface area contributed by atoms with Crippen molar-refractivity contribution in [2.75, 3.05) is 5.75 Å². The number of hydrogen-bond acceptors (Lipinski definition) is 2. The first-order chi connectivity index (χ1) is 5.66. The molecule has 72 valence electrons. The van der Waals surface area contributed by atoms with Crippen molar-refractivity contribution in [2.24, 2.45) is 0 Å². The normalized spacial score (nSPS) is 13.3. The zero-order chi connectivity index (χ0) is 9.40. The molecule has 0 rings (SSSR count). The molecular weight excluding hydrogens is 168 g/mol. The van der Waals surface area contributed by atoms with E-state index in [1.165, 1.54) is 0 Å². The highest BCUT2D eigenvalue weighted by Gasteiger charge is 2.04. The van der Waals surface area contributed by atoms with Crippen LogP contribution in [0, 0.1) is 0 Å². The highest BCUT2D eigenvalue weighted by atomic mass is 32.2. The van der Waals surface area contributed by atoms with E-state index < -0.39 is 0 Å². The highest BCUT2D eigenvalue weighted by Crippen LogP contribution is 2.13. The summed E-state index contributed by atoms with van der Waals surface area (Å²) < 4.78 is 0. The number of unbranched alkanes of at least 4 members (excludes halogenated alkanes) is 1. The molecule has 0 amide bonds. The summed E-state index contributed by atoms with van der Waals surface area (Å²) in [6, 6.07) is 0. The fourth-order valence-electron chi connectivity index (χ4n) is 0.885. The summed E-state index contributed by atoms with van der Waals surface area (Å²) in [5.41, 5.74) is 0. The van der Waals surface area contributed by atoms with Crippen LogP contribution in [0.25, 0.3) is 0 Å². The van der Waals surface area contributed by atoms with Crippen molar-refractivity contribution in [3.63, 3.8) is 0 Å². The highest BCUT2D eigenvalue weighted by molar-refractivity contribution is 7.99. The molecule has 1 atom stereocenters. The van der Waals surface area contributed by atoms with Crippen molar-refractivity contribution in [3.8, 4) is 0 Å². The number of aliphatic hydroxyl groups is 1. The molecule has 0 saturated carbocycles. The monoisotopic (exact) mass is 188 g/mol. The van der Waals surface area contributed by atoms with Crippen molar-refractivity contribution < 1.29 is 5.11 Å². The van der Waals surface area contributed by atoms with Gasteiger partial charge in [0.15, 0.2) is 0 Å². The first-order valence-electron chi connectivity index (χ1n) is 4.57. The van der Waals surface area contributed by atoms with E-state index in [9.17, 15) is 5.11 Å². The SMILES string of the molecule is C=CCCCC(O)CSC(C)C. The van der Waals surface area contributed by atoms with Gasteiger partial charge in [-0.3, -0.25) is 0 Å². The van der Waals surface area contributed by atoms with Crippen LogP contribution < -0.4 is 0 Å². The molecule has 0 aromatic heterocycles. The number of rotatable bonds is 7. The van der Waals surface area contributed by atoms with Gasteiger partial charge in [-0.25, -0.2) is 0 Å². The Morgan fingerprint density at radius 2 is 2.17 bits per heavy atom. The molecule has 0 spiro atoms. The van der Waals surface area contributed by atoms with Gasteiger partial charge in [-0.05, 0) is 24.5 Å². The summed E-state index contributed by atoms with van der Waals surface area (Å²) >= 11 is 1.82. The maximum Gasteiger partial charge on any atom is 0.0630 e. The summed E-state index contributed by atoms with van der Waals surface area (Å²) in [7, 11) is 0. The average Bonchev–Trinajstić information content (AvgIpc) is 2.01. The molecular formula is C10H20OS. The van der Waals surface area contributed by atoms with Gasteiger partial charge in [-0.15, -0.1) is 6.58 Å². The second-order valence-electron chi connectivity index (χ2n) is 3.26. The average molecular weight is 188 g/mol. The number of thioether (sulfide) groups is 1. The van der Waals surface area contributed by atoms with Crippen LogP contribution in [0.2, 0.25) is 0 Å². The molecule has 0 aliphatic heterocycles. The van der Waals surface area contributed by atoms with Crippen LogP contribution in [0.3, 0.4) is 0 Å². The fraction of sp³-hybridized carbons (Fsp3) is 0.800. The van der Waals surface area contributed by atoms with Gasteiger partial charge in [0.1, 0.15) is 0 Å². The van der Waals surface area contributed by atoms with Crippen LogP contribution >= 0.6 is 11.8 Å². The third-order valence-electron chi connectivity index (χ3n) is 1.57. The lowest BCUT2D eigenvalue weighted by molar-refractivity contribution is 0.186. The van der Waals surface area contributed by atoms with Crippen LogP contribution in [0.5, 0.6) is 0 Å². The Labute approximate surface area is 80.3 Å². The van der Waals surface area contributed by atoms with Crippen LogP contribution in [0.4, 0.5) is 0 Å². The van der Waals surface area contributed by atoms with Gasteiger partial charge in [0.05, 0.1) is 6.10 Å². The van der Waals surface area contributed by atoms with Crippen molar-refractivity contribution in [2.45, 2.75) is 44.5 Å². The predicted molar refractivity (Wildman–Crippen MR) is 57.6 cm³/mol. The number of allylic oxidation sites excluding steroid dienone is 1. The third-order valence-corrected chi connectivity index (χ3v) is 2.81. The Kier molecular flexibility index (Phi) is 7.72. The van der Waals surface area contributed by atoms with Gasteiger partial charge in [-0.1, -0.05) is 19.9 Å². The molecule has 0 aromatic carbocycles. The van der Waals surface area contributed by atoms with Crippen LogP contribution in [0.1, 0.15) is 33.1 Å². The molecule has 12 heavy (non-hydrogen) atoms. The smallest absolute Gasteiger partial charge is 0.0630 e. The molecule has 1 nitrogen and oxygen atoms in total. The maximum atomic E-state index is 9.47. The Balaban J connectivity index is 3.21. The van der Waals surface area contributed by atoms with E-state index in [-0.39, 0.29) is 6.10 Å². The van der Waals surface area contributed by atoms with Gasteiger partial charge < -0.3 is 5.11 Å². The number of hydrogen-bond donors (Lipinski definition) is 1. The molecule has 0 saturated heterocycles. The third kappa shape index (κ3) is 8.15. The first kappa shape index (κ1) is 12.0. The lowest BCUT2D eigenvalue weighted by Gasteiger charge is -2.10. The molecule has 0 radical (unpaired) electrons. The molecule has 0 aromatic rings. The molecule has 0 aliphatic rings. The summed E-state index contributed by atoms with van der Waals surface area (Å²) in [5, 5.41) is 10.1. The molecule has 0 bridgehead atoms. The van der Waals surface area contributed by atoms with E-state index >= 15 is 0 Å². The molecule has 0 aliphatic carbocycles. The van der Waals surface area contributed by atoms with E-state index in [2.05, 4.69) is 20.4 Å². The standard InChI is InChI=1S/C10H20OS/c1-4-5-6-7-10(11)8-12-9(2)3/h4,9-11H,1,5-8H2,2-3H3. The summed E-state index contributed by atoms with van der Waals surface area (Å²) in [4.78, 5) is 0. The maximum absolute atomic E-state index is 9.47. The summed E-state index contributed by atoms with van der Waals surface area (Å²) in [6.07, 6.45) is 4.76. The van der Waals surface area contributed by atoms with Crippen LogP contribution in [-0.2, 0) is 0 Å². The first-order valence-corrected chi connectivity index (χ1v) is 5.62. The van der Waals surface area contributed by atoms with Gasteiger partial charge in [0, 0.05) is 5.75 Å². The molecule has 1 unspecified atom stereocenters. The predicted octanol–water partition coefficient (Wildman–Crippen LogP) is 2.85. The molecule has 1 N–H and O–H groups in total. The minimum Gasteiger partial charge on any atom is -0.392 e. The van der Waals surface area contributed by atoms with E-state index in [0.717, 1.165) is 25.0 Å². The van der Waals surface area contributed by atoms with Crippen molar-refractivity contribution in [1.82, 2.24) is 0 Å². The zero-order valence-corrected chi connectivity index (χ0v) is 8.94. The topological polar surface area (TPSA) is 20.2 Å². The fourth-order valence-corrected chi connectivity index (χ4v) is 1.66. The largest absolute Gasteiger partial charge is 0.392 e. The van der Waals surface area contributed by atoms with Gasteiger partial charge in [-0.2, -0.15) is 11.8 Å². The van der Waals surface area contributed by atoms with Crippen LogP contribution in [0.15, 0.2) is 12.7 Å². The Bertz CT molecular complexity index is 112. The Morgan fingerprint density at radius 1 is 1.50 bits per heavy atom. The van der Waals surface area contributed by atoms with Crippen LogP contribution in [-0.4, -0.2) is 22.2 Å². The second-order valence-corrected chi connectivity index (χ2v) is 4.86. The second kappa shape index (κ2) is 7.69. The molecule has 0 fully saturated rings. The zero-order valence-electron chi connectivity index (χ0n) is 8.12.